The molecule has 7 heteroatoms. The summed E-state index contributed by atoms with van der Waals surface area (Å²) < 4.78 is 5.39. The topological polar surface area (TPSA) is 54.5 Å². The summed E-state index contributed by atoms with van der Waals surface area (Å²) >= 11 is 11.7. The summed E-state index contributed by atoms with van der Waals surface area (Å²) in [4.78, 5) is 18.5. The zero-order valence-electron chi connectivity index (χ0n) is 14.3. The molecule has 134 valence electrons. The highest BCUT2D eigenvalue weighted by Crippen LogP contribution is 2.26. The third-order valence-electron chi connectivity index (χ3n) is 3.65. The first-order chi connectivity index (χ1) is 12.0. The first-order valence-electron chi connectivity index (χ1n) is 8.08. The van der Waals surface area contributed by atoms with Gasteiger partial charge in [-0.05, 0) is 37.6 Å². The average molecular weight is 382 g/mol. The van der Waals surface area contributed by atoms with Crippen LogP contribution in [0.5, 0.6) is 5.75 Å². The molecule has 1 N–H and O–H groups in total. The van der Waals surface area contributed by atoms with Gasteiger partial charge >= 0.3 is 0 Å². The molecule has 1 heterocycles. The van der Waals surface area contributed by atoms with Crippen LogP contribution in [0.1, 0.15) is 19.4 Å². The van der Waals surface area contributed by atoms with Gasteiger partial charge < -0.3 is 15.0 Å². The minimum Gasteiger partial charge on any atom is -0.484 e. The third kappa shape index (κ3) is 5.80. The van der Waals surface area contributed by atoms with Crippen molar-refractivity contribution in [2.24, 2.45) is 0 Å². The molecule has 0 atom stereocenters. The number of aromatic nitrogens is 1. The molecule has 0 saturated carbocycles. The normalized spacial score (nSPS) is 10.4. The van der Waals surface area contributed by atoms with E-state index in [0.29, 0.717) is 22.3 Å². The molecule has 0 fully saturated rings. The van der Waals surface area contributed by atoms with Crippen molar-refractivity contribution in [2.45, 2.75) is 20.4 Å². The largest absolute Gasteiger partial charge is 0.484 e. The van der Waals surface area contributed by atoms with Crippen LogP contribution >= 0.6 is 23.2 Å². The van der Waals surface area contributed by atoms with Crippen molar-refractivity contribution >= 4 is 34.9 Å². The molecule has 2 rings (SSSR count). The number of carbonyl (C=O) groups excluding carboxylic acids is 1. The Balaban J connectivity index is 1.80. The first kappa shape index (κ1) is 19.3. The van der Waals surface area contributed by atoms with Gasteiger partial charge in [0, 0.05) is 31.9 Å². The Morgan fingerprint density at radius 1 is 1.16 bits per heavy atom. The average Bonchev–Trinajstić information content (AvgIpc) is 2.63. The van der Waals surface area contributed by atoms with E-state index in [4.69, 9.17) is 27.9 Å². The van der Waals surface area contributed by atoms with E-state index in [0.717, 1.165) is 24.5 Å². The van der Waals surface area contributed by atoms with E-state index in [9.17, 15) is 4.79 Å². The van der Waals surface area contributed by atoms with E-state index in [1.54, 1.807) is 24.4 Å². The van der Waals surface area contributed by atoms with Crippen LogP contribution in [-0.2, 0) is 11.3 Å². The van der Waals surface area contributed by atoms with Crippen molar-refractivity contribution in [1.82, 2.24) is 10.3 Å². The number of amides is 1. The van der Waals surface area contributed by atoms with E-state index in [1.165, 1.54) is 0 Å². The second-order valence-corrected chi connectivity index (χ2v) is 6.15. The predicted octanol–water partition coefficient (Wildman–Crippen LogP) is 3.93. The molecule has 2 aromatic rings. The highest BCUT2D eigenvalue weighted by molar-refractivity contribution is 6.42. The lowest BCUT2D eigenvalue weighted by molar-refractivity contribution is -0.123. The Bertz CT molecular complexity index is 704. The van der Waals surface area contributed by atoms with Crippen LogP contribution in [-0.4, -0.2) is 30.6 Å². The molecule has 0 radical (unpaired) electrons. The zero-order valence-corrected chi connectivity index (χ0v) is 15.8. The van der Waals surface area contributed by atoms with Gasteiger partial charge in [0.1, 0.15) is 11.6 Å². The molecule has 0 saturated heterocycles. The standard InChI is InChI=1S/C18H21Cl2N3O2/c1-3-23(4-2)17-8-5-13(10-21-17)11-22-18(24)12-25-14-6-7-15(19)16(20)9-14/h5-10H,3-4,11-12H2,1-2H3,(H,22,24). The van der Waals surface area contributed by atoms with Gasteiger partial charge in [0.25, 0.3) is 5.91 Å². The van der Waals surface area contributed by atoms with Crippen molar-refractivity contribution in [2.75, 3.05) is 24.6 Å². The van der Waals surface area contributed by atoms with Gasteiger partial charge in [-0.15, -0.1) is 0 Å². The Morgan fingerprint density at radius 3 is 2.52 bits per heavy atom. The van der Waals surface area contributed by atoms with Gasteiger partial charge in [0.2, 0.25) is 0 Å². The maximum atomic E-state index is 11.9. The minimum atomic E-state index is -0.223. The summed E-state index contributed by atoms with van der Waals surface area (Å²) in [5.41, 5.74) is 0.929. The summed E-state index contributed by atoms with van der Waals surface area (Å²) in [6.07, 6.45) is 1.77. The minimum absolute atomic E-state index is 0.0943. The maximum Gasteiger partial charge on any atom is 0.258 e. The fourth-order valence-electron chi connectivity index (χ4n) is 2.22. The lowest BCUT2D eigenvalue weighted by Crippen LogP contribution is -2.28. The fraction of sp³-hybridized carbons (Fsp3) is 0.333. The second kappa shape index (κ2) is 9.49. The van der Waals surface area contributed by atoms with Crippen molar-refractivity contribution in [1.29, 1.82) is 0 Å². The third-order valence-corrected chi connectivity index (χ3v) is 4.39. The number of benzene rings is 1. The number of rotatable bonds is 8. The smallest absolute Gasteiger partial charge is 0.258 e. The van der Waals surface area contributed by atoms with Crippen LogP contribution in [0.4, 0.5) is 5.82 Å². The molecule has 1 aromatic carbocycles. The number of hydrogen-bond acceptors (Lipinski definition) is 4. The van der Waals surface area contributed by atoms with Crippen LogP contribution in [0, 0.1) is 0 Å². The SMILES string of the molecule is CCN(CC)c1ccc(CNC(=O)COc2ccc(Cl)c(Cl)c2)cn1. The second-order valence-electron chi connectivity index (χ2n) is 5.34. The molecule has 0 aliphatic heterocycles. The summed E-state index contributed by atoms with van der Waals surface area (Å²) in [5, 5.41) is 3.63. The maximum absolute atomic E-state index is 11.9. The number of carbonyl (C=O) groups is 1. The first-order valence-corrected chi connectivity index (χ1v) is 8.83. The van der Waals surface area contributed by atoms with Crippen LogP contribution in [0.25, 0.3) is 0 Å². The fourth-order valence-corrected chi connectivity index (χ4v) is 2.51. The molecule has 1 amide bonds. The molecule has 1 aromatic heterocycles. The monoisotopic (exact) mass is 381 g/mol. The molecule has 0 unspecified atom stereocenters. The Morgan fingerprint density at radius 2 is 1.92 bits per heavy atom. The van der Waals surface area contributed by atoms with Crippen LogP contribution < -0.4 is 15.0 Å². The number of ether oxygens (including phenoxy) is 1. The molecule has 0 bridgehead atoms. The van der Waals surface area contributed by atoms with Gasteiger partial charge in [-0.2, -0.15) is 0 Å². The molecule has 5 nitrogen and oxygen atoms in total. The molecule has 0 aliphatic carbocycles. The number of nitrogens with zero attached hydrogens (tertiary/aromatic N) is 2. The van der Waals surface area contributed by atoms with Crippen LogP contribution in [0.3, 0.4) is 0 Å². The van der Waals surface area contributed by atoms with E-state index in [1.807, 2.05) is 12.1 Å². The molecule has 0 aliphatic rings. The van der Waals surface area contributed by atoms with Crippen molar-refractivity contribution in [3.05, 3.63) is 52.1 Å². The van der Waals surface area contributed by atoms with Gasteiger partial charge in [0.15, 0.2) is 6.61 Å². The quantitative estimate of drug-likeness (QED) is 0.752. The molecule has 25 heavy (non-hydrogen) atoms. The Kier molecular flexibility index (Phi) is 7.34. The zero-order chi connectivity index (χ0) is 18.2. The van der Waals surface area contributed by atoms with Crippen molar-refractivity contribution in [3.63, 3.8) is 0 Å². The molecule has 0 spiro atoms. The highest BCUT2D eigenvalue weighted by atomic mass is 35.5. The van der Waals surface area contributed by atoms with Crippen LogP contribution in [0.2, 0.25) is 10.0 Å². The highest BCUT2D eigenvalue weighted by Gasteiger charge is 2.06. The van der Waals surface area contributed by atoms with Crippen molar-refractivity contribution in [3.8, 4) is 5.75 Å². The van der Waals surface area contributed by atoms with Crippen LogP contribution in [0.15, 0.2) is 36.5 Å². The summed E-state index contributed by atoms with van der Waals surface area (Å²) in [6, 6.07) is 8.78. The predicted molar refractivity (Wildman–Crippen MR) is 102 cm³/mol. The lowest BCUT2D eigenvalue weighted by Gasteiger charge is -2.19. The molecular weight excluding hydrogens is 361 g/mol. The van der Waals surface area contributed by atoms with Gasteiger partial charge in [-0.25, -0.2) is 4.98 Å². The number of hydrogen-bond donors (Lipinski definition) is 1. The number of nitrogens with one attached hydrogen (secondary N) is 1. The molecular formula is C18H21Cl2N3O2. The van der Waals surface area contributed by atoms with Gasteiger partial charge in [0.05, 0.1) is 10.0 Å². The summed E-state index contributed by atoms with van der Waals surface area (Å²) in [7, 11) is 0. The van der Waals surface area contributed by atoms with E-state index in [2.05, 4.69) is 29.0 Å². The Hall–Kier alpha value is -1.98. The summed E-state index contributed by atoms with van der Waals surface area (Å²) in [5.74, 6) is 1.21. The van der Waals surface area contributed by atoms with E-state index < -0.39 is 0 Å². The van der Waals surface area contributed by atoms with Gasteiger partial charge in [-0.1, -0.05) is 29.3 Å². The lowest BCUT2D eigenvalue weighted by atomic mass is 10.2. The number of halogens is 2. The summed E-state index contributed by atoms with van der Waals surface area (Å²) in [6.45, 7) is 6.30. The Labute approximate surface area is 157 Å². The van der Waals surface area contributed by atoms with E-state index >= 15 is 0 Å². The van der Waals surface area contributed by atoms with Crippen molar-refractivity contribution < 1.29 is 9.53 Å². The van der Waals surface area contributed by atoms with Gasteiger partial charge in [-0.3, -0.25) is 4.79 Å². The number of anilines is 1. The van der Waals surface area contributed by atoms with E-state index in [-0.39, 0.29) is 12.5 Å². The number of pyridine rings is 1.